The summed E-state index contributed by atoms with van der Waals surface area (Å²) in [5.41, 5.74) is 2.59. The van der Waals surface area contributed by atoms with E-state index in [9.17, 15) is 5.11 Å². The molecular formula is C14H21NO. The predicted molar refractivity (Wildman–Crippen MR) is 67.8 cm³/mol. The minimum Gasteiger partial charge on any atom is -0.393 e. The van der Waals surface area contributed by atoms with Crippen molar-refractivity contribution in [3.8, 4) is 0 Å². The molecule has 1 fully saturated rings. The Morgan fingerprint density at radius 1 is 1.06 bits per heavy atom. The van der Waals surface area contributed by atoms with Crippen molar-refractivity contribution in [1.82, 2.24) is 0 Å². The first kappa shape index (κ1) is 11.5. The van der Waals surface area contributed by atoms with Gasteiger partial charge in [-0.05, 0) is 44.7 Å². The van der Waals surface area contributed by atoms with Crippen molar-refractivity contribution in [2.75, 3.05) is 11.9 Å². The normalized spacial score (nSPS) is 25.4. The standard InChI is InChI=1S/C14H21NO/c1-11-3-5-12(6-4-11)15(2)13-7-9-14(16)10-8-13/h3-6,13-14,16H,7-10H2,1-2H3. The average Bonchev–Trinajstić information content (AvgIpc) is 2.30. The Hall–Kier alpha value is -1.02. The molecule has 2 rings (SSSR count). The van der Waals surface area contributed by atoms with Crippen LogP contribution in [0.15, 0.2) is 24.3 Å². The van der Waals surface area contributed by atoms with Gasteiger partial charge in [-0.2, -0.15) is 0 Å². The van der Waals surface area contributed by atoms with Crippen molar-refractivity contribution < 1.29 is 5.11 Å². The molecule has 1 N–H and O–H groups in total. The van der Waals surface area contributed by atoms with E-state index in [1.807, 2.05) is 0 Å². The summed E-state index contributed by atoms with van der Waals surface area (Å²) in [6, 6.07) is 9.26. The first-order chi connectivity index (χ1) is 7.66. The van der Waals surface area contributed by atoms with Crippen LogP contribution in [0.1, 0.15) is 31.2 Å². The van der Waals surface area contributed by atoms with Crippen LogP contribution in [0.3, 0.4) is 0 Å². The highest BCUT2D eigenvalue weighted by molar-refractivity contribution is 5.47. The van der Waals surface area contributed by atoms with Crippen LogP contribution in [0.4, 0.5) is 5.69 Å². The molecule has 0 spiro atoms. The van der Waals surface area contributed by atoms with Crippen molar-refractivity contribution in [1.29, 1.82) is 0 Å². The molecule has 1 aromatic carbocycles. The average molecular weight is 219 g/mol. The molecule has 2 nitrogen and oxygen atoms in total. The van der Waals surface area contributed by atoms with E-state index in [1.54, 1.807) is 0 Å². The third-order valence-corrected chi connectivity index (χ3v) is 3.66. The molecule has 0 saturated heterocycles. The number of aryl methyl sites for hydroxylation is 1. The maximum Gasteiger partial charge on any atom is 0.0541 e. The van der Waals surface area contributed by atoms with Gasteiger partial charge in [-0.15, -0.1) is 0 Å². The van der Waals surface area contributed by atoms with Gasteiger partial charge in [0.2, 0.25) is 0 Å². The summed E-state index contributed by atoms with van der Waals surface area (Å²) in [7, 11) is 2.16. The van der Waals surface area contributed by atoms with Crippen LogP contribution in [0.2, 0.25) is 0 Å². The molecule has 0 heterocycles. The monoisotopic (exact) mass is 219 g/mol. The van der Waals surface area contributed by atoms with Crippen LogP contribution >= 0.6 is 0 Å². The first-order valence-electron chi connectivity index (χ1n) is 6.14. The molecule has 0 unspecified atom stereocenters. The lowest BCUT2D eigenvalue weighted by molar-refractivity contribution is 0.122. The summed E-state index contributed by atoms with van der Waals surface area (Å²) in [6.45, 7) is 2.11. The molecule has 1 aromatic rings. The Morgan fingerprint density at radius 3 is 2.19 bits per heavy atom. The zero-order valence-electron chi connectivity index (χ0n) is 10.2. The Morgan fingerprint density at radius 2 is 1.62 bits per heavy atom. The van der Waals surface area contributed by atoms with Crippen LogP contribution in [0.5, 0.6) is 0 Å². The molecule has 2 heteroatoms. The minimum absolute atomic E-state index is 0.0670. The molecule has 16 heavy (non-hydrogen) atoms. The van der Waals surface area contributed by atoms with Crippen molar-refractivity contribution in [2.24, 2.45) is 0 Å². The van der Waals surface area contributed by atoms with Gasteiger partial charge in [0.25, 0.3) is 0 Å². The van der Waals surface area contributed by atoms with Gasteiger partial charge in [0.05, 0.1) is 6.10 Å². The number of benzene rings is 1. The Labute approximate surface area is 97.9 Å². The smallest absolute Gasteiger partial charge is 0.0541 e. The molecule has 0 aliphatic heterocycles. The molecule has 1 aliphatic rings. The fourth-order valence-corrected chi connectivity index (χ4v) is 2.44. The molecular weight excluding hydrogens is 198 g/mol. The zero-order valence-corrected chi connectivity index (χ0v) is 10.2. The summed E-state index contributed by atoms with van der Waals surface area (Å²) < 4.78 is 0. The summed E-state index contributed by atoms with van der Waals surface area (Å²) in [6.07, 6.45) is 4.03. The van der Waals surface area contributed by atoms with Crippen LogP contribution in [-0.4, -0.2) is 24.3 Å². The van der Waals surface area contributed by atoms with Gasteiger partial charge in [0.1, 0.15) is 0 Å². The Bertz CT molecular complexity index is 325. The van der Waals surface area contributed by atoms with E-state index in [-0.39, 0.29) is 6.10 Å². The number of nitrogens with zero attached hydrogens (tertiary/aromatic N) is 1. The van der Waals surface area contributed by atoms with E-state index in [0.717, 1.165) is 25.7 Å². The Balaban J connectivity index is 2.01. The maximum absolute atomic E-state index is 9.50. The summed E-state index contributed by atoms with van der Waals surface area (Å²) in [5.74, 6) is 0. The number of aliphatic hydroxyl groups is 1. The van der Waals surface area contributed by atoms with E-state index in [0.29, 0.717) is 6.04 Å². The zero-order chi connectivity index (χ0) is 11.5. The number of anilines is 1. The molecule has 88 valence electrons. The predicted octanol–water partition coefficient (Wildman–Crippen LogP) is 2.73. The highest BCUT2D eigenvalue weighted by Crippen LogP contribution is 2.26. The van der Waals surface area contributed by atoms with Gasteiger partial charge in [-0.25, -0.2) is 0 Å². The maximum atomic E-state index is 9.50. The molecule has 1 aliphatic carbocycles. The van der Waals surface area contributed by atoms with E-state index < -0.39 is 0 Å². The lowest BCUT2D eigenvalue weighted by atomic mass is 9.92. The minimum atomic E-state index is -0.0670. The number of hydrogen-bond acceptors (Lipinski definition) is 2. The van der Waals surface area contributed by atoms with Gasteiger partial charge in [-0.1, -0.05) is 17.7 Å². The molecule has 0 amide bonds. The molecule has 1 saturated carbocycles. The number of rotatable bonds is 2. The second-order valence-corrected chi connectivity index (χ2v) is 4.91. The summed E-state index contributed by atoms with van der Waals surface area (Å²) in [5, 5.41) is 9.50. The third-order valence-electron chi connectivity index (χ3n) is 3.66. The SMILES string of the molecule is Cc1ccc(N(C)C2CCC(O)CC2)cc1. The lowest BCUT2D eigenvalue weighted by Gasteiger charge is -2.34. The number of aliphatic hydroxyl groups excluding tert-OH is 1. The fraction of sp³-hybridized carbons (Fsp3) is 0.571. The van der Waals surface area contributed by atoms with Crippen LogP contribution in [0.25, 0.3) is 0 Å². The molecule has 0 atom stereocenters. The summed E-state index contributed by atoms with van der Waals surface area (Å²) >= 11 is 0. The van der Waals surface area contributed by atoms with E-state index in [2.05, 4.69) is 43.1 Å². The molecule has 0 aromatic heterocycles. The third kappa shape index (κ3) is 2.56. The molecule has 0 bridgehead atoms. The number of hydrogen-bond donors (Lipinski definition) is 1. The quantitative estimate of drug-likeness (QED) is 0.826. The second kappa shape index (κ2) is 4.88. The highest BCUT2D eigenvalue weighted by atomic mass is 16.3. The largest absolute Gasteiger partial charge is 0.393 e. The highest BCUT2D eigenvalue weighted by Gasteiger charge is 2.22. The summed E-state index contributed by atoms with van der Waals surface area (Å²) in [4.78, 5) is 2.35. The van der Waals surface area contributed by atoms with Gasteiger partial charge in [0.15, 0.2) is 0 Å². The van der Waals surface area contributed by atoms with E-state index in [1.165, 1.54) is 11.3 Å². The van der Waals surface area contributed by atoms with Crippen LogP contribution in [-0.2, 0) is 0 Å². The van der Waals surface area contributed by atoms with Crippen molar-refractivity contribution in [3.63, 3.8) is 0 Å². The van der Waals surface area contributed by atoms with Crippen molar-refractivity contribution in [3.05, 3.63) is 29.8 Å². The van der Waals surface area contributed by atoms with Crippen molar-refractivity contribution in [2.45, 2.75) is 44.8 Å². The van der Waals surface area contributed by atoms with Crippen LogP contribution < -0.4 is 4.90 Å². The van der Waals surface area contributed by atoms with Gasteiger partial charge < -0.3 is 10.0 Å². The topological polar surface area (TPSA) is 23.5 Å². The lowest BCUT2D eigenvalue weighted by Crippen LogP contribution is -2.36. The van der Waals surface area contributed by atoms with Gasteiger partial charge in [0, 0.05) is 18.8 Å². The second-order valence-electron chi connectivity index (χ2n) is 4.91. The Kier molecular flexibility index (Phi) is 3.49. The first-order valence-corrected chi connectivity index (χ1v) is 6.14. The van der Waals surface area contributed by atoms with Gasteiger partial charge >= 0.3 is 0 Å². The van der Waals surface area contributed by atoms with Crippen LogP contribution in [0, 0.1) is 6.92 Å². The fourth-order valence-electron chi connectivity index (χ4n) is 2.44. The molecule has 0 radical (unpaired) electrons. The van der Waals surface area contributed by atoms with Gasteiger partial charge in [-0.3, -0.25) is 0 Å². The van der Waals surface area contributed by atoms with E-state index >= 15 is 0 Å². The van der Waals surface area contributed by atoms with Crippen molar-refractivity contribution >= 4 is 5.69 Å². The van der Waals surface area contributed by atoms with E-state index in [4.69, 9.17) is 0 Å².